The molecule has 0 radical (unpaired) electrons. The minimum absolute atomic E-state index is 0.669. The lowest BCUT2D eigenvalue weighted by Gasteiger charge is -2.47. The van der Waals surface area contributed by atoms with Gasteiger partial charge in [-0.05, 0) is 64.1 Å². The zero-order valence-corrected chi connectivity index (χ0v) is 14.9. The monoisotopic (exact) mass is 295 g/mol. The van der Waals surface area contributed by atoms with E-state index in [1.807, 2.05) is 0 Å². The molecule has 1 aliphatic heterocycles. The van der Waals surface area contributed by atoms with Crippen molar-refractivity contribution in [3.63, 3.8) is 0 Å². The number of likely N-dealkylation sites (N-methyl/N-ethyl adjacent to an activating group) is 2. The molecule has 4 unspecified atom stereocenters. The molecule has 0 amide bonds. The fourth-order valence-corrected chi connectivity index (χ4v) is 4.66. The Morgan fingerprint density at radius 1 is 1.05 bits per heavy atom. The second-order valence-electron chi connectivity index (χ2n) is 7.97. The van der Waals surface area contributed by atoms with Crippen LogP contribution in [0.3, 0.4) is 0 Å². The van der Waals surface area contributed by atoms with E-state index in [-0.39, 0.29) is 0 Å². The molecule has 0 aromatic heterocycles. The summed E-state index contributed by atoms with van der Waals surface area (Å²) in [6.07, 6.45) is 5.50. The quantitative estimate of drug-likeness (QED) is 0.841. The molecule has 0 aromatic rings. The van der Waals surface area contributed by atoms with Gasteiger partial charge in [0.15, 0.2) is 0 Å². The second kappa shape index (κ2) is 7.94. The molecule has 1 N–H and O–H groups in total. The largest absolute Gasteiger partial charge is 0.312 e. The molecule has 3 heteroatoms. The van der Waals surface area contributed by atoms with Crippen molar-refractivity contribution in [1.82, 2.24) is 15.1 Å². The van der Waals surface area contributed by atoms with Gasteiger partial charge in [-0.1, -0.05) is 20.8 Å². The molecule has 21 heavy (non-hydrogen) atoms. The molecular weight excluding hydrogens is 258 g/mol. The highest BCUT2D eigenvalue weighted by Crippen LogP contribution is 2.36. The number of hydrogen-bond donors (Lipinski definition) is 1. The SMILES string of the molecule is CCCNC(C1CC(C)CC(C)C1)C1CN(C)CCN1C. The Kier molecular flexibility index (Phi) is 6.51. The Morgan fingerprint density at radius 2 is 1.71 bits per heavy atom. The summed E-state index contributed by atoms with van der Waals surface area (Å²) in [5.74, 6) is 2.65. The van der Waals surface area contributed by atoms with Crippen molar-refractivity contribution in [2.45, 2.75) is 58.5 Å². The number of nitrogens with one attached hydrogen (secondary N) is 1. The number of hydrogen-bond acceptors (Lipinski definition) is 3. The third-order valence-corrected chi connectivity index (χ3v) is 5.67. The van der Waals surface area contributed by atoms with Crippen LogP contribution >= 0.6 is 0 Å². The lowest BCUT2D eigenvalue weighted by Crippen LogP contribution is -2.61. The normalized spacial score (nSPS) is 37.6. The van der Waals surface area contributed by atoms with Crippen LogP contribution in [0.4, 0.5) is 0 Å². The molecule has 2 fully saturated rings. The summed E-state index contributed by atoms with van der Waals surface area (Å²) in [7, 11) is 4.61. The van der Waals surface area contributed by atoms with Gasteiger partial charge in [-0.25, -0.2) is 0 Å². The van der Waals surface area contributed by atoms with E-state index in [2.05, 4.69) is 50.0 Å². The lowest BCUT2D eigenvalue weighted by atomic mass is 9.72. The Hall–Kier alpha value is -0.120. The van der Waals surface area contributed by atoms with Crippen LogP contribution in [-0.2, 0) is 0 Å². The molecular formula is C18H37N3. The predicted molar refractivity (Wildman–Crippen MR) is 91.7 cm³/mol. The Labute approximate surface area is 132 Å². The zero-order valence-electron chi connectivity index (χ0n) is 14.9. The van der Waals surface area contributed by atoms with Crippen molar-refractivity contribution >= 4 is 0 Å². The van der Waals surface area contributed by atoms with E-state index < -0.39 is 0 Å². The first-order chi connectivity index (χ1) is 10.0. The fourth-order valence-electron chi connectivity index (χ4n) is 4.66. The first-order valence-electron chi connectivity index (χ1n) is 9.13. The standard InChI is InChI=1S/C18H37N3/c1-6-7-19-18(16-11-14(2)10-15(3)12-16)17-13-20(4)8-9-21(17)5/h14-19H,6-13H2,1-5H3. The van der Waals surface area contributed by atoms with Gasteiger partial charge in [0.1, 0.15) is 0 Å². The van der Waals surface area contributed by atoms with Crippen LogP contribution in [0.15, 0.2) is 0 Å². The van der Waals surface area contributed by atoms with E-state index >= 15 is 0 Å². The molecule has 1 aliphatic carbocycles. The molecule has 0 bridgehead atoms. The third-order valence-electron chi connectivity index (χ3n) is 5.67. The Bertz CT molecular complexity index is 297. The van der Waals surface area contributed by atoms with Gasteiger partial charge in [-0.15, -0.1) is 0 Å². The van der Waals surface area contributed by atoms with Crippen molar-refractivity contribution in [2.75, 3.05) is 40.3 Å². The summed E-state index contributed by atoms with van der Waals surface area (Å²) < 4.78 is 0. The molecule has 0 spiro atoms. The maximum Gasteiger partial charge on any atom is 0.0376 e. The maximum absolute atomic E-state index is 3.93. The summed E-state index contributed by atoms with van der Waals surface area (Å²) in [5.41, 5.74) is 0. The minimum atomic E-state index is 0.669. The van der Waals surface area contributed by atoms with E-state index in [0.717, 1.165) is 24.3 Å². The summed E-state index contributed by atoms with van der Waals surface area (Å²) >= 11 is 0. The van der Waals surface area contributed by atoms with Gasteiger partial charge >= 0.3 is 0 Å². The van der Waals surface area contributed by atoms with Gasteiger partial charge in [0.2, 0.25) is 0 Å². The number of nitrogens with zero attached hydrogens (tertiary/aromatic N) is 2. The van der Waals surface area contributed by atoms with Crippen molar-refractivity contribution in [3.05, 3.63) is 0 Å². The van der Waals surface area contributed by atoms with E-state index in [1.165, 1.54) is 45.3 Å². The molecule has 4 atom stereocenters. The smallest absolute Gasteiger partial charge is 0.0376 e. The highest BCUT2D eigenvalue weighted by Gasteiger charge is 2.37. The summed E-state index contributed by atoms with van der Waals surface area (Å²) in [6, 6.07) is 1.35. The summed E-state index contributed by atoms with van der Waals surface area (Å²) in [4.78, 5) is 5.12. The van der Waals surface area contributed by atoms with Crippen LogP contribution in [-0.4, -0.2) is 62.2 Å². The summed E-state index contributed by atoms with van der Waals surface area (Å²) in [5, 5.41) is 3.93. The first kappa shape index (κ1) is 17.2. The van der Waals surface area contributed by atoms with E-state index in [4.69, 9.17) is 0 Å². The zero-order chi connectivity index (χ0) is 15.4. The van der Waals surface area contributed by atoms with Gasteiger partial charge in [0, 0.05) is 31.7 Å². The highest BCUT2D eigenvalue weighted by atomic mass is 15.3. The topological polar surface area (TPSA) is 18.5 Å². The molecule has 2 rings (SSSR count). The van der Waals surface area contributed by atoms with Crippen molar-refractivity contribution in [1.29, 1.82) is 0 Å². The van der Waals surface area contributed by atoms with Crippen LogP contribution in [0.5, 0.6) is 0 Å². The molecule has 124 valence electrons. The Balaban J connectivity index is 2.08. The van der Waals surface area contributed by atoms with E-state index in [9.17, 15) is 0 Å². The molecule has 1 heterocycles. The van der Waals surface area contributed by atoms with E-state index in [1.54, 1.807) is 0 Å². The van der Waals surface area contributed by atoms with Crippen LogP contribution in [0.1, 0.15) is 46.5 Å². The highest BCUT2D eigenvalue weighted by molar-refractivity contribution is 4.95. The molecule has 3 nitrogen and oxygen atoms in total. The number of rotatable bonds is 5. The van der Waals surface area contributed by atoms with Crippen LogP contribution in [0, 0.1) is 17.8 Å². The first-order valence-corrected chi connectivity index (χ1v) is 9.13. The van der Waals surface area contributed by atoms with Crippen LogP contribution in [0.2, 0.25) is 0 Å². The van der Waals surface area contributed by atoms with Crippen LogP contribution in [0.25, 0.3) is 0 Å². The minimum Gasteiger partial charge on any atom is -0.312 e. The fraction of sp³-hybridized carbons (Fsp3) is 1.00. The number of piperazine rings is 1. The van der Waals surface area contributed by atoms with Crippen molar-refractivity contribution in [2.24, 2.45) is 17.8 Å². The molecule has 1 saturated carbocycles. The van der Waals surface area contributed by atoms with Gasteiger partial charge in [0.05, 0.1) is 0 Å². The average Bonchev–Trinajstić information content (AvgIpc) is 2.42. The Morgan fingerprint density at radius 3 is 2.33 bits per heavy atom. The van der Waals surface area contributed by atoms with Gasteiger partial charge in [-0.3, -0.25) is 4.90 Å². The second-order valence-corrected chi connectivity index (χ2v) is 7.97. The third kappa shape index (κ3) is 4.67. The van der Waals surface area contributed by atoms with Gasteiger partial charge < -0.3 is 10.2 Å². The van der Waals surface area contributed by atoms with E-state index in [0.29, 0.717) is 12.1 Å². The van der Waals surface area contributed by atoms with Crippen molar-refractivity contribution < 1.29 is 0 Å². The average molecular weight is 296 g/mol. The summed E-state index contributed by atoms with van der Waals surface area (Å²) in [6.45, 7) is 12.0. The molecule has 1 saturated heterocycles. The van der Waals surface area contributed by atoms with Crippen LogP contribution < -0.4 is 5.32 Å². The van der Waals surface area contributed by atoms with Gasteiger partial charge in [-0.2, -0.15) is 0 Å². The van der Waals surface area contributed by atoms with Gasteiger partial charge in [0.25, 0.3) is 0 Å². The van der Waals surface area contributed by atoms with Crippen molar-refractivity contribution in [3.8, 4) is 0 Å². The predicted octanol–water partition coefficient (Wildman–Crippen LogP) is 2.67. The molecule has 0 aromatic carbocycles. The maximum atomic E-state index is 3.93. The molecule has 2 aliphatic rings. The lowest BCUT2D eigenvalue weighted by molar-refractivity contribution is 0.0502.